The largest absolute Gasteiger partial charge is 0.358 e. The minimum absolute atomic E-state index is 0.0429. The fourth-order valence-electron chi connectivity index (χ4n) is 1.70. The van der Waals surface area contributed by atoms with E-state index in [1.807, 2.05) is 0 Å². The van der Waals surface area contributed by atoms with Crippen molar-refractivity contribution in [2.75, 3.05) is 11.9 Å². The molecule has 90 valence electrons. The molecule has 1 aliphatic heterocycles. The first-order chi connectivity index (χ1) is 8.16. The van der Waals surface area contributed by atoms with Gasteiger partial charge in [0.1, 0.15) is 11.9 Å². The maximum atomic E-state index is 11.5. The van der Waals surface area contributed by atoms with Gasteiger partial charge in [-0.25, -0.2) is 4.98 Å². The zero-order valence-electron chi connectivity index (χ0n) is 9.05. The van der Waals surface area contributed by atoms with Crippen LogP contribution in [0.5, 0.6) is 0 Å². The van der Waals surface area contributed by atoms with Crippen molar-refractivity contribution in [1.29, 1.82) is 0 Å². The molecule has 17 heavy (non-hydrogen) atoms. The first-order valence-corrected chi connectivity index (χ1v) is 5.31. The number of hydrogen-bond donors (Lipinski definition) is 2. The van der Waals surface area contributed by atoms with Gasteiger partial charge in [0.25, 0.3) is 5.69 Å². The van der Waals surface area contributed by atoms with Crippen molar-refractivity contribution in [3.05, 3.63) is 28.4 Å². The fraction of sp³-hybridized carbons (Fsp3) is 0.400. The number of hydrogen-bond acceptors (Lipinski definition) is 5. The summed E-state index contributed by atoms with van der Waals surface area (Å²) in [6.07, 6.45) is 2.94. The maximum absolute atomic E-state index is 11.5. The van der Waals surface area contributed by atoms with Crippen LogP contribution in [0.4, 0.5) is 11.5 Å². The van der Waals surface area contributed by atoms with Crippen molar-refractivity contribution in [2.45, 2.75) is 18.9 Å². The predicted molar refractivity (Wildman–Crippen MR) is 60.5 cm³/mol. The summed E-state index contributed by atoms with van der Waals surface area (Å²) >= 11 is 0. The summed E-state index contributed by atoms with van der Waals surface area (Å²) in [6, 6.07) is 2.27. The van der Waals surface area contributed by atoms with Crippen LogP contribution >= 0.6 is 0 Å². The molecule has 0 spiro atoms. The molecule has 0 aromatic carbocycles. The molecule has 2 heterocycles. The highest BCUT2D eigenvalue weighted by molar-refractivity contribution is 5.85. The van der Waals surface area contributed by atoms with Crippen molar-refractivity contribution in [3.8, 4) is 0 Å². The summed E-state index contributed by atoms with van der Waals surface area (Å²) < 4.78 is 0. The Bertz CT molecular complexity index is 449. The molecule has 0 bridgehead atoms. The Hall–Kier alpha value is -2.18. The molecule has 1 unspecified atom stereocenters. The normalized spacial score (nSPS) is 19.5. The second kappa shape index (κ2) is 4.77. The zero-order chi connectivity index (χ0) is 12.3. The van der Waals surface area contributed by atoms with Crippen LogP contribution in [0.25, 0.3) is 0 Å². The smallest absolute Gasteiger partial charge is 0.274 e. The summed E-state index contributed by atoms with van der Waals surface area (Å²) in [5.74, 6) is 0.255. The third-order valence-corrected chi connectivity index (χ3v) is 2.56. The molecular formula is C10H12N4O3. The average molecular weight is 236 g/mol. The number of nitrogens with zero attached hydrogens (tertiary/aromatic N) is 2. The van der Waals surface area contributed by atoms with Crippen LogP contribution in [0.15, 0.2) is 18.3 Å². The van der Waals surface area contributed by atoms with Crippen LogP contribution in [0.2, 0.25) is 0 Å². The number of pyridine rings is 1. The lowest BCUT2D eigenvalue weighted by atomic mass is 10.1. The van der Waals surface area contributed by atoms with Gasteiger partial charge < -0.3 is 10.6 Å². The first-order valence-electron chi connectivity index (χ1n) is 5.31. The number of nitro groups is 1. The molecule has 1 amide bonds. The van der Waals surface area contributed by atoms with Gasteiger partial charge in [0.05, 0.1) is 11.0 Å². The third-order valence-electron chi connectivity index (χ3n) is 2.56. The molecule has 1 atom stereocenters. The Morgan fingerprint density at radius 2 is 2.41 bits per heavy atom. The number of carbonyl (C=O) groups is 1. The average Bonchev–Trinajstić information content (AvgIpc) is 2.32. The van der Waals surface area contributed by atoms with E-state index in [4.69, 9.17) is 0 Å². The SMILES string of the molecule is O=C1NCCCC1Nc1cc([N+](=O)[O-])ccn1. The number of rotatable bonds is 3. The number of nitrogens with one attached hydrogen (secondary N) is 2. The minimum Gasteiger partial charge on any atom is -0.358 e. The number of anilines is 1. The van der Waals surface area contributed by atoms with E-state index in [-0.39, 0.29) is 17.6 Å². The number of amides is 1. The Morgan fingerprint density at radius 3 is 3.12 bits per heavy atom. The molecule has 0 radical (unpaired) electrons. The van der Waals surface area contributed by atoms with Crippen molar-refractivity contribution in [1.82, 2.24) is 10.3 Å². The van der Waals surface area contributed by atoms with Crippen LogP contribution in [0, 0.1) is 10.1 Å². The van der Waals surface area contributed by atoms with Gasteiger partial charge in [-0.05, 0) is 12.8 Å². The van der Waals surface area contributed by atoms with E-state index in [0.29, 0.717) is 18.8 Å². The first kappa shape index (κ1) is 11.3. The van der Waals surface area contributed by atoms with E-state index in [0.717, 1.165) is 6.42 Å². The van der Waals surface area contributed by atoms with Gasteiger partial charge in [0.15, 0.2) is 0 Å². The topological polar surface area (TPSA) is 97.2 Å². The predicted octanol–water partition coefficient (Wildman–Crippen LogP) is 0.680. The second-order valence-electron chi connectivity index (χ2n) is 3.79. The van der Waals surface area contributed by atoms with E-state index < -0.39 is 4.92 Å². The molecule has 1 aromatic heterocycles. The van der Waals surface area contributed by atoms with Crippen molar-refractivity contribution in [2.24, 2.45) is 0 Å². The Morgan fingerprint density at radius 1 is 1.59 bits per heavy atom. The summed E-state index contributed by atoms with van der Waals surface area (Å²) in [4.78, 5) is 25.5. The van der Waals surface area contributed by atoms with Gasteiger partial charge in [-0.3, -0.25) is 14.9 Å². The lowest BCUT2D eigenvalue weighted by Crippen LogP contribution is -2.44. The van der Waals surface area contributed by atoms with E-state index >= 15 is 0 Å². The highest BCUT2D eigenvalue weighted by Gasteiger charge is 2.22. The standard InChI is InChI=1S/C10H12N4O3/c15-10-8(2-1-4-12-10)13-9-6-7(14(16)17)3-5-11-9/h3,5-6,8H,1-2,4H2,(H,11,13)(H,12,15). The van der Waals surface area contributed by atoms with Gasteiger partial charge in [0.2, 0.25) is 5.91 Å². The van der Waals surface area contributed by atoms with E-state index in [1.165, 1.54) is 18.3 Å². The van der Waals surface area contributed by atoms with Crippen molar-refractivity contribution >= 4 is 17.4 Å². The molecule has 0 aliphatic carbocycles. The van der Waals surface area contributed by atoms with E-state index in [9.17, 15) is 14.9 Å². The highest BCUT2D eigenvalue weighted by Crippen LogP contribution is 2.16. The molecule has 1 fully saturated rings. The second-order valence-corrected chi connectivity index (χ2v) is 3.79. The highest BCUT2D eigenvalue weighted by atomic mass is 16.6. The zero-order valence-corrected chi connectivity index (χ0v) is 9.05. The fourth-order valence-corrected chi connectivity index (χ4v) is 1.70. The van der Waals surface area contributed by atoms with Crippen LogP contribution in [0.1, 0.15) is 12.8 Å². The molecule has 0 saturated carbocycles. The van der Waals surface area contributed by atoms with Crippen LogP contribution in [-0.2, 0) is 4.79 Å². The van der Waals surface area contributed by atoms with Crippen LogP contribution < -0.4 is 10.6 Å². The van der Waals surface area contributed by atoms with Gasteiger partial charge in [-0.1, -0.05) is 0 Å². The van der Waals surface area contributed by atoms with Crippen molar-refractivity contribution in [3.63, 3.8) is 0 Å². The van der Waals surface area contributed by atoms with Crippen LogP contribution in [0.3, 0.4) is 0 Å². The van der Waals surface area contributed by atoms with Gasteiger partial charge >= 0.3 is 0 Å². The number of piperidine rings is 1. The molecule has 7 heteroatoms. The lowest BCUT2D eigenvalue weighted by molar-refractivity contribution is -0.384. The summed E-state index contributed by atoms with van der Waals surface area (Å²) in [6.45, 7) is 0.680. The van der Waals surface area contributed by atoms with Gasteiger partial charge in [-0.2, -0.15) is 0 Å². The molecule has 7 nitrogen and oxygen atoms in total. The maximum Gasteiger partial charge on any atom is 0.274 e. The molecule has 2 N–H and O–H groups in total. The number of aromatic nitrogens is 1. The molecule has 1 saturated heterocycles. The lowest BCUT2D eigenvalue weighted by Gasteiger charge is -2.22. The molecule has 1 aliphatic rings. The molecule has 1 aromatic rings. The monoisotopic (exact) mass is 236 g/mol. The van der Waals surface area contributed by atoms with Crippen LogP contribution in [-0.4, -0.2) is 28.4 Å². The molecule has 2 rings (SSSR count). The van der Waals surface area contributed by atoms with Gasteiger partial charge in [-0.15, -0.1) is 0 Å². The Kier molecular flexibility index (Phi) is 3.17. The Labute approximate surface area is 97.4 Å². The van der Waals surface area contributed by atoms with Crippen molar-refractivity contribution < 1.29 is 9.72 Å². The summed E-state index contributed by atoms with van der Waals surface area (Å²) in [5, 5.41) is 16.2. The van der Waals surface area contributed by atoms with Gasteiger partial charge in [0, 0.05) is 18.8 Å². The number of carbonyl (C=O) groups excluding carboxylic acids is 1. The molecular weight excluding hydrogens is 224 g/mol. The Balaban J connectivity index is 2.09. The van der Waals surface area contributed by atoms with E-state index in [1.54, 1.807) is 0 Å². The van der Waals surface area contributed by atoms with E-state index in [2.05, 4.69) is 15.6 Å². The summed E-state index contributed by atoms with van der Waals surface area (Å²) in [7, 11) is 0. The summed E-state index contributed by atoms with van der Waals surface area (Å²) in [5.41, 5.74) is -0.0429. The quantitative estimate of drug-likeness (QED) is 0.594. The third kappa shape index (κ3) is 2.68. The minimum atomic E-state index is -0.492.